The number of nitrogens with zero attached hydrogens (tertiary/aromatic N) is 1. The van der Waals surface area contributed by atoms with Crippen LogP contribution in [0.4, 0.5) is 0 Å². The Morgan fingerprint density at radius 1 is 1.18 bits per heavy atom. The highest BCUT2D eigenvalue weighted by Gasteiger charge is 2.19. The first-order chi connectivity index (χ1) is 8.38. The van der Waals surface area contributed by atoms with Crippen LogP contribution in [0.1, 0.15) is 45.4 Å². The van der Waals surface area contributed by atoms with Crippen LogP contribution in [0.3, 0.4) is 0 Å². The normalized spacial score (nSPS) is 27.7. The van der Waals surface area contributed by atoms with Crippen LogP contribution in [0.5, 0.6) is 0 Å². The molecule has 1 unspecified atom stereocenters. The quantitative estimate of drug-likeness (QED) is 0.769. The van der Waals surface area contributed by atoms with Crippen molar-refractivity contribution in [2.75, 3.05) is 32.8 Å². The Morgan fingerprint density at radius 2 is 2.00 bits per heavy atom. The van der Waals surface area contributed by atoms with Crippen molar-refractivity contribution < 1.29 is 4.74 Å². The van der Waals surface area contributed by atoms with Crippen molar-refractivity contribution in [2.45, 2.75) is 57.6 Å². The third-order valence-electron chi connectivity index (χ3n) is 4.06. The smallest absolute Gasteiger partial charge is 0.0597 e. The molecule has 1 heterocycles. The van der Waals surface area contributed by atoms with Crippen LogP contribution in [0.2, 0.25) is 0 Å². The number of nitrogens with one attached hydrogen (secondary N) is 1. The van der Waals surface area contributed by atoms with Crippen LogP contribution in [0.15, 0.2) is 0 Å². The first-order valence-electron chi connectivity index (χ1n) is 7.46. The minimum Gasteiger partial charge on any atom is -0.377 e. The fourth-order valence-electron chi connectivity index (χ4n) is 3.12. The van der Waals surface area contributed by atoms with E-state index in [1.807, 2.05) is 0 Å². The monoisotopic (exact) mass is 240 g/mol. The van der Waals surface area contributed by atoms with Gasteiger partial charge in [0.1, 0.15) is 0 Å². The van der Waals surface area contributed by atoms with Crippen molar-refractivity contribution in [1.82, 2.24) is 10.2 Å². The van der Waals surface area contributed by atoms with Gasteiger partial charge in [-0.1, -0.05) is 19.8 Å². The Kier molecular flexibility index (Phi) is 5.75. The van der Waals surface area contributed by atoms with Crippen LogP contribution in [0, 0.1) is 0 Å². The molecule has 3 heteroatoms. The van der Waals surface area contributed by atoms with Crippen LogP contribution >= 0.6 is 0 Å². The van der Waals surface area contributed by atoms with E-state index in [1.54, 1.807) is 0 Å². The fourth-order valence-corrected chi connectivity index (χ4v) is 3.12. The Balaban J connectivity index is 1.58. The molecule has 1 N–H and O–H groups in total. The molecular formula is C14H28N2O. The van der Waals surface area contributed by atoms with Gasteiger partial charge >= 0.3 is 0 Å². The van der Waals surface area contributed by atoms with Gasteiger partial charge in [0.05, 0.1) is 12.7 Å². The van der Waals surface area contributed by atoms with Crippen LogP contribution in [-0.4, -0.2) is 49.8 Å². The summed E-state index contributed by atoms with van der Waals surface area (Å²) in [6.45, 7) is 7.82. The summed E-state index contributed by atoms with van der Waals surface area (Å²) in [6.07, 6.45) is 8.58. The largest absolute Gasteiger partial charge is 0.377 e. The summed E-state index contributed by atoms with van der Waals surface area (Å²) in [7, 11) is 0. The molecule has 1 atom stereocenters. The first-order valence-corrected chi connectivity index (χ1v) is 7.46. The maximum absolute atomic E-state index is 5.94. The van der Waals surface area contributed by atoms with Crippen LogP contribution in [0.25, 0.3) is 0 Å². The van der Waals surface area contributed by atoms with Gasteiger partial charge in [-0.05, 0) is 38.8 Å². The molecule has 1 saturated carbocycles. The number of hydrogen-bond acceptors (Lipinski definition) is 3. The van der Waals surface area contributed by atoms with Gasteiger partial charge in [0.25, 0.3) is 0 Å². The minimum atomic E-state index is 0.573. The number of ether oxygens (including phenoxy) is 1. The summed E-state index contributed by atoms with van der Waals surface area (Å²) in [5, 5.41) is 3.56. The third-order valence-corrected chi connectivity index (χ3v) is 4.06. The highest BCUT2D eigenvalue weighted by atomic mass is 16.5. The average molecular weight is 240 g/mol. The Hall–Kier alpha value is -0.120. The van der Waals surface area contributed by atoms with E-state index >= 15 is 0 Å². The summed E-state index contributed by atoms with van der Waals surface area (Å²) in [4.78, 5) is 2.56. The number of likely N-dealkylation sites (N-methyl/N-ethyl adjacent to an activating group) is 1. The van der Waals surface area contributed by atoms with Crippen molar-refractivity contribution in [3.05, 3.63) is 0 Å². The SMILES string of the molecule is CCNC1CCCN(CCOC2CCCC2)C1. The molecule has 0 aromatic carbocycles. The molecule has 1 aliphatic heterocycles. The summed E-state index contributed by atoms with van der Waals surface area (Å²) >= 11 is 0. The molecule has 1 saturated heterocycles. The number of piperidine rings is 1. The molecule has 2 rings (SSSR count). The van der Waals surface area contributed by atoms with Crippen molar-refractivity contribution in [1.29, 1.82) is 0 Å². The van der Waals surface area contributed by atoms with Crippen molar-refractivity contribution in [3.8, 4) is 0 Å². The maximum atomic E-state index is 5.94. The first kappa shape index (κ1) is 13.3. The highest BCUT2D eigenvalue weighted by Crippen LogP contribution is 2.20. The van der Waals surface area contributed by atoms with Crippen molar-refractivity contribution in [3.63, 3.8) is 0 Å². The van der Waals surface area contributed by atoms with Gasteiger partial charge in [-0.25, -0.2) is 0 Å². The van der Waals surface area contributed by atoms with Gasteiger partial charge in [0.15, 0.2) is 0 Å². The molecule has 17 heavy (non-hydrogen) atoms. The standard InChI is InChI=1S/C14H28N2O/c1-2-15-13-6-5-9-16(12-13)10-11-17-14-7-3-4-8-14/h13-15H,2-12H2,1H3. The van der Waals surface area contributed by atoms with E-state index < -0.39 is 0 Å². The zero-order valence-corrected chi connectivity index (χ0v) is 11.3. The molecule has 0 spiro atoms. The molecular weight excluding hydrogens is 212 g/mol. The van der Waals surface area contributed by atoms with Crippen LogP contribution in [-0.2, 0) is 4.74 Å². The third kappa shape index (κ3) is 4.57. The Labute approximate surface area is 106 Å². The summed E-state index contributed by atoms with van der Waals surface area (Å²) < 4.78 is 5.94. The second kappa shape index (κ2) is 7.34. The van der Waals surface area contributed by atoms with Gasteiger partial charge in [-0.2, -0.15) is 0 Å². The Bertz CT molecular complexity index is 202. The van der Waals surface area contributed by atoms with Crippen LogP contribution < -0.4 is 5.32 Å². The summed E-state index contributed by atoms with van der Waals surface area (Å²) in [6, 6.07) is 0.709. The second-order valence-electron chi connectivity index (χ2n) is 5.47. The lowest BCUT2D eigenvalue weighted by atomic mass is 10.1. The second-order valence-corrected chi connectivity index (χ2v) is 5.47. The Morgan fingerprint density at radius 3 is 2.76 bits per heavy atom. The van der Waals surface area contributed by atoms with E-state index in [0.29, 0.717) is 12.1 Å². The number of rotatable bonds is 6. The summed E-state index contributed by atoms with van der Waals surface area (Å²) in [5.41, 5.74) is 0. The molecule has 100 valence electrons. The van der Waals surface area contributed by atoms with E-state index in [4.69, 9.17) is 4.74 Å². The molecule has 2 fully saturated rings. The van der Waals surface area contributed by atoms with Gasteiger partial charge in [0, 0.05) is 19.1 Å². The van der Waals surface area contributed by atoms with Crippen molar-refractivity contribution >= 4 is 0 Å². The molecule has 0 aromatic heterocycles. The molecule has 1 aliphatic carbocycles. The van der Waals surface area contributed by atoms with E-state index in [9.17, 15) is 0 Å². The molecule has 0 radical (unpaired) electrons. The zero-order valence-electron chi connectivity index (χ0n) is 11.3. The predicted molar refractivity (Wildman–Crippen MR) is 71.3 cm³/mol. The molecule has 0 aromatic rings. The lowest BCUT2D eigenvalue weighted by Gasteiger charge is -2.33. The van der Waals surface area contributed by atoms with Gasteiger partial charge in [-0.3, -0.25) is 4.90 Å². The molecule has 0 amide bonds. The number of hydrogen-bond donors (Lipinski definition) is 1. The van der Waals surface area contributed by atoms with E-state index in [-0.39, 0.29) is 0 Å². The average Bonchev–Trinajstić information content (AvgIpc) is 2.83. The zero-order chi connectivity index (χ0) is 11.9. The summed E-state index contributed by atoms with van der Waals surface area (Å²) in [5.74, 6) is 0. The molecule has 0 bridgehead atoms. The predicted octanol–water partition coefficient (Wildman–Crippen LogP) is 2.02. The van der Waals surface area contributed by atoms with E-state index in [2.05, 4.69) is 17.1 Å². The maximum Gasteiger partial charge on any atom is 0.0597 e. The van der Waals surface area contributed by atoms with E-state index in [0.717, 1.165) is 19.7 Å². The topological polar surface area (TPSA) is 24.5 Å². The molecule has 2 aliphatic rings. The lowest BCUT2D eigenvalue weighted by molar-refractivity contribution is 0.0360. The number of likely N-dealkylation sites (tertiary alicyclic amines) is 1. The van der Waals surface area contributed by atoms with Gasteiger partial charge in [0.2, 0.25) is 0 Å². The molecule has 3 nitrogen and oxygen atoms in total. The van der Waals surface area contributed by atoms with Gasteiger partial charge in [-0.15, -0.1) is 0 Å². The highest BCUT2D eigenvalue weighted by molar-refractivity contribution is 4.77. The lowest BCUT2D eigenvalue weighted by Crippen LogP contribution is -2.46. The van der Waals surface area contributed by atoms with E-state index in [1.165, 1.54) is 51.6 Å². The fraction of sp³-hybridized carbons (Fsp3) is 1.00. The van der Waals surface area contributed by atoms with Crippen molar-refractivity contribution in [2.24, 2.45) is 0 Å². The minimum absolute atomic E-state index is 0.573. The van der Waals surface area contributed by atoms with Gasteiger partial charge < -0.3 is 10.1 Å².